The van der Waals surface area contributed by atoms with E-state index in [0.29, 0.717) is 24.8 Å². The first-order valence-electron chi connectivity index (χ1n) is 8.82. The van der Waals surface area contributed by atoms with Gasteiger partial charge in [-0.1, -0.05) is 53.5 Å². The minimum Gasteiger partial charge on any atom is -0.506 e. The molecular formula is C20H20Cl2N2O3. The van der Waals surface area contributed by atoms with Crippen molar-refractivity contribution >= 4 is 29.1 Å². The van der Waals surface area contributed by atoms with Crippen molar-refractivity contribution in [2.45, 2.75) is 12.1 Å². The molecule has 2 saturated heterocycles. The predicted molar refractivity (Wildman–Crippen MR) is 104 cm³/mol. The summed E-state index contributed by atoms with van der Waals surface area (Å²) >= 11 is 12.0. The molecule has 2 fully saturated rings. The van der Waals surface area contributed by atoms with Gasteiger partial charge >= 0.3 is 0 Å². The lowest BCUT2D eigenvalue weighted by molar-refractivity contribution is -0.154. The fraction of sp³-hybridized carbons (Fsp3) is 0.350. The maximum atomic E-state index is 13.2. The van der Waals surface area contributed by atoms with Crippen molar-refractivity contribution < 1.29 is 14.6 Å². The van der Waals surface area contributed by atoms with Gasteiger partial charge in [-0.2, -0.15) is 0 Å². The van der Waals surface area contributed by atoms with E-state index in [1.54, 1.807) is 4.90 Å². The van der Waals surface area contributed by atoms with Crippen LogP contribution in [0.25, 0.3) is 0 Å². The fourth-order valence-electron chi connectivity index (χ4n) is 3.81. The Bertz CT molecular complexity index is 856. The van der Waals surface area contributed by atoms with Crippen molar-refractivity contribution in [1.82, 2.24) is 9.80 Å². The van der Waals surface area contributed by atoms with Gasteiger partial charge in [0.1, 0.15) is 11.3 Å². The quantitative estimate of drug-likeness (QED) is 0.847. The van der Waals surface area contributed by atoms with Crippen LogP contribution in [0.2, 0.25) is 10.0 Å². The number of halogens is 2. The third kappa shape index (κ3) is 3.52. The summed E-state index contributed by atoms with van der Waals surface area (Å²) in [6.45, 7) is 3.83. The van der Waals surface area contributed by atoms with E-state index in [4.69, 9.17) is 27.9 Å². The van der Waals surface area contributed by atoms with Crippen LogP contribution in [0.3, 0.4) is 0 Å². The molecule has 27 heavy (non-hydrogen) atoms. The molecule has 0 unspecified atom stereocenters. The molecule has 7 heteroatoms. The van der Waals surface area contributed by atoms with Gasteiger partial charge in [0, 0.05) is 31.2 Å². The summed E-state index contributed by atoms with van der Waals surface area (Å²) in [7, 11) is 0. The summed E-state index contributed by atoms with van der Waals surface area (Å²) in [6.07, 6.45) is 0. The van der Waals surface area contributed by atoms with Crippen LogP contribution in [0.4, 0.5) is 0 Å². The monoisotopic (exact) mass is 406 g/mol. The second-order valence-electron chi connectivity index (χ2n) is 7.15. The molecule has 1 N–H and O–H groups in total. The van der Waals surface area contributed by atoms with Crippen LogP contribution in [-0.2, 0) is 11.3 Å². The summed E-state index contributed by atoms with van der Waals surface area (Å²) in [5.74, 6) is -0.493. The van der Waals surface area contributed by atoms with Crippen LogP contribution in [0.5, 0.6) is 5.75 Å². The third-order valence-corrected chi connectivity index (χ3v) is 5.73. The molecule has 4 rings (SSSR count). The molecule has 5 nitrogen and oxygen atoms in total. The number of piperazine rings is 1. The smallest absolute Gasteiger partial charge is 0.258 e. The number of benzene rings is 2. The van der Waals surface area contributed by atoms with Gasteiger partial charge in [-0.25, -0.2) is 0 Å². The first kappa shape index (κ1) is 18.6. The van der Waals surface area contributed by atoms with Crippen LogP contribution in [0, 0.1) is 0 Å². The number of hydrogen-bond donors (Lipinski definition) is 1. The third-order valence-electron chi connectivity index (χ3n) is 5.22. The fourth-order valence-corrected chi connectivity index (χ4v) is 4.31. The zero-order valence-electron chi connectivity index (χ0n) is 14.7. The lowest BCUT2D eigenvalue weighted by Crippen LogP contribution is -2.72. The molecule has 0 atom stereocenters. The first-order valence-corrected chi connectivity index (χ1v) is 9.58. The van der Waals surface area contributed by atoms with Gasteiger partial charge in [0.05, 0.1) is 23.8 Å². The Kier molecular flexibility index (Phi) is 5.03. The van der Waals surface area contributed by atoms with Crippen molar-refractivity contribution in [3.63, 3.8) is 0 Å². The molecular weight excluding hydrogens is 387 g/mol. The highest BCUT2D eigenvalue weighted by molar-refractivity contribution is 6.36. The molecule has 0 aromatic heterocycles. The van der Waals surface area contributed by atoms with Gasteiger partial charge in [-0.15, -0.1) is 0 Å². The molecule has 1 spiro atoms. The number of phenols is 1. The zero-order chi connectivity index (χ0) is 19.0. The summed E-state index contributed by atoms with van der Waals surface area (Å²) in [5.41, 5.74) is 0.993. The van der Waals surface area contributed by atoms with E-state index in [-0.39, 0.29) is 27.8 Å². The van der Waals surface area contributed by atoms with E-state index < -0.39 is 0 Å². The van der Waals surface area contributed by atoms with Crippen LogP contribution >= 0.6 is 23.2 Å². The lowest BCUT2D eigenvalue weighted by Gasteiger charge is -2.55. The number of aromatic hydroxyl groups is 1. The van der Waals surface area contributed by atoms with Crippen molar-refractivity contribution in [1.29, 1.82) is 0 Å². The zero-order valence-corrected chi connectivity index (χ0v) is 16.2. The topological polar surface area (TPSA) is 53.0 Å². The SMILES string of the molecule is O=C(c1cc(Cl)cc(Cl)c1O)N1CCN(Cc2ccccc2)CC12COC2. The molecule has 2 aliphatic rings. The van der Waals surface area contributed by atoms with Crippen LogP contribution < -0.4 is 0 Å². The Morgan fingerprint density at radius 2 is 1.89 bits per heavy atom. The molecule has 142 valence electrons. The standard InChI is InChI=1S/C20H20Cl2N2O3/c21-15-8-16(18(25)17(22)9-15)19(26)24-7-6-23(11-20(24)12-27-13-20)10-14-4-2-1-3-5-14/h1-5,8-9,25H,6-7,10-13H2. The Morgan fingerprint density at radius 3 is 2.56 bits per heavy atom. The average molecular weight is 407 g/mol. The van der Waals surface area contributed by atoms with Gasteiger partial charge < -0.3 is 14.7 Å². The number of ether oxygens (including phenoxy) is 1. The first-order chi connectivity index (χ1) is 13.0. The molecule has 0 bridgehead atoms. The van der Waals surface area contributed by atoms with Gasteiger partial charge in [0.2, 0.25) is 0 Å². The predicted octanol–water partition coefficient (Wildman–Crippen LogP) is 3.43. The molecule has 2 aromatic rings. The van der Waals surface area contributed by atoms with Crippen molar-refractivity contribution in [2.24, 2.45) is 0 Å². The molecule has 2 aromatic carbocycles. The van der Waals surface area contributed by atoms with E-state index in [1.165, 1.54) is 17.7 Å². The molecule has 0 saturated carbocycles. The molecule has 1 amide bonds. The Hall–Kier alpha value is -1.79. The average Bonchev–Trinajstić information content (AvgIpc) is 2.63. The highest BCUT2D eigenvalue weighted by Crippen LogP contribution is 2.36. The lowest BCUT2D eigenvalue weighted by atomic mass is 9.90. The Labute approximate surface area is 168 Å². The van der Waals surface area contributed by atoms with Crippen molar-refractivity contribution in [2.75, 3.05) is 32.8 Å². The summed E-state index contributed by atoms with van der Waals surface area (Å²) < 4.78 is 5.47. The van der Waals surface area contributed by atoms with Gasteiger partial charge in [-0.05, 0) is 17.7 Å². The molecule has 2 aliphatic heterocycles. The highest BCUT2D eigenvalue weighted by Gasteiger charge is 2.50. The summed E-state index contributed by atoms with van der Waals surface area (Å²) in [4.78, 5) is 17.3. The minimum absolute atomic E-state index is 0.0764. The summed E-state index contributed by atoms with van der Waals surface area (Å²) in [5, 5.41) is 10.6. The number of hydrogen-bond acceptors (Lipinski definition) is 4. The number of amides is 1. The Balaban J connectivity index is 1.55. The normalized spacial score (nSPS) is 19.1. The maximum absolute atomic E-state index is 13.2. The molecule has 0 aliphatic carbocycles. The molecule has 0 radical (unpaired) electrons. The number of rotatable bonds is 3. The van der Waals surface area contributed by atoms with Crippen molar-refractivity contribution in [3.05, 3.63) is 63.6 Å². The van der Waals surface area contributed by atoms with Crippen LogP contribution in [-0.4, -0.2) is 59.2 Å². The number of phenolic OH excluding ortho intramolecular Hbond substituents is 1. The van der Waals surface area contributed by atoms with Gasteiger partial charge in [0.15, 0.2) is 0 Å². The largest absolute Gasteiger partial charge is 0.506 e. The maximum Gasteiger partial charge on any atom is 0.258 e. The Morgan fingerprint density at radius 1 is 1.15 bits per heavy atom. The van der Waals surface area contributed by atoms with Crippen molar-refractivity contribution in [3.8, 4) is 5.75 Å². The number of carbonyl (C=O) groups excluding carboxylic acids is 1. The molecule has 2 heterocycles. The van der Waals surface area contributed by atoms with Crippen LogP contribution in [0.1, 0.15) is 15.9 Å². The van der Waals surface area contributed by atoms with E-state index in [2.05, 4.69) is 17.0 Å². The second-order valence-corrected chi connectivity index (χ2v) is 8.00. The van der Waals surface area contributed by atoms with E-state index in [0.717, 1.165) is 19.6 Å². The van der Waals surface area contributed by atoms with E-state index in [9.17, 15) is 9.90 Å². The van der Waals surface area contributed by atoms with Gasteiger partial charge in [-0.3, -0.25) is 9.69 Å². The van der Waals surface area contributed by atoms with E-state index in [1.807, 2.05) is 18.2 Å². The summed E-state index contributed by atoms with van der Waals surface area (Å²) in [6, 6.07) is 13.2. The number of carbonyl (C=O) groups is 1. The van der Waals surface area contributed by atoms with Crippen LogP contribution in [0.15, 0.2) is 42.5 Å². The number of nitrogens with zero attached hydrogens (tertiary/aromatic N) is 2. The minimum atomic E-state index is -0.384. The van der Waals surface area contributed by atoms with E-state index >= 15 is 0 Å². The second kappa shape index (κ2) is 7.32. The van der Waals surface area contributed by atoms with Gasteiger partial charge in [0.25, 0.3) is 5.91 Å². The highest BCUT2D eigenvalue weighted by atomic mass is 35.5.